The van der Waals surface area contributed by atoms with Crippen LogP contribution in [0, 0.1) is 0 Å². The van der Waals surface area contributed by atoms with Gasteiger partial charge in [0.25, 0.3) is 5.89 Å². The number of carbonyl (C=O) groups is 1. The maximum Gasteiger partial charge on any atom is 0.310 e. The Balaban J connectivity index is 1.62. The average molecular weight is 462 g/mol. The Morgan fingerprint density at radius 2 is 1.93 bits per heavy atom. The topological polar surface area (TPSA) is 96.6 Å². The Kier molecular flexibility index (Phi) is 7.18. The highest BCUT2D eigenvalue weighted by Gasteiger charge is 2.16. The highest BCUT2D eigenvalue weighted by molar-refractivity contribution is 9.10. The normalized spacial score (nSPS) is 10.6. The monoisotopic (exact) mass is 461 g/mol. The Bertz CT molecular complexity index is 962. The van der Waals surface area contributed by atoms with Gasteiger partial charge in [0.15, 0.2) is 18.1 Å². The lowest BCUT2D eigenvalue weighted by molar-refractivity contribution is -0.144. The first-order valence-electron chi connectivity index (χ1n) is 9.07. The summed E-state index contributed by atoms with van der Waals surface area (Å²) in [6.07, 6.45) is 3.33. The number of esters is 1. The molecular weight excluding hydrogens is 442 g/mol. The van der Waals surface area contributed by atoms with Crippen molar-refractivity contribution in [3.05, 3.63) is 52.6 Å². The summed E-state index contributed by atoms with van der Waals surface area (Å²) in [6, 6.07) is 7.14. The van der Waals surface area contributed by atoms with Gasteiger partial charge in [-0.2, -0.15) is 4.98 Å². The number of hydrogen-bond acceptors (Lipinski definition) is 8. The summed E-state index contributed by atoms with van der Waals surface area (Å²) >= 11 is 3.47. The summed E-state index contributed by atoms with van der Waals surface area (Å²) in [5, 5.41) is 3.87. The van der Waals surface area contributed by atoms with Gasteiger partial charge in [-0.15, -0.1) is 0 Å². The number of halogens is 1. The SMILES string of the molecule is CCOc1cc(Br)c(CC(=O)OCc2nc(-c3cccnc3)no2)cc1OCC. The van der Waals surface area contributed by atoms with E-state index in [1.165, 1.54) is 0 Å². The number of hydrogen-bond donors (Lipinski definition) is 0. The first kappa shape index (κ1) is 20.8. The molecule has 3 rings (SSSR count). The van der Waals surface area contributed by atoms with Crippen molar-refractivity contribution in [3.8, 4) is 22.9 Å². The molecule has 0 saturated heterocycles. The molecule has 152 valence electrons. The van der Waals surface area contributed by atoms with Crippen molar-refractivity contribution in [2.45, 2.75) is 26.9 Å². The van der Waals surface area contributed by atoms with Crippen LogP contribution in [0.25, 0.3) is 11.4 Å². The van der Waals surface area contributed by atoms with Crippen molar-refractivity contribution in [1.29, 1.82) is 0 Å². The van der Waals surface area contributed by atoms with Gasteiger partial charge in [-0.1, -0.05) is 21.1 Å². The second-order valence-electron chi connectivity index (χ2n) is 5.85. The molecule has 0 atom stereocenters. The van der Waals surface area contributed by atoms with Gasteiger partial charge in [0, 0.05) is 22.4 Å². The minimum Gasteiger partial charge on any atom is -0.490 e. The van der Waals surface area contributed by atoms with E-state index in [0.29, 0.717) is 30.5 Å². The van der Waals surface area contributed by atoms with Crippen LogP contribution >= 0.6 is 15.9 Å². The number of ether oxygens (including phenoxy) is 3. The van der Waals surface area contributed by atoms with E-state index in [1.54, 1.807) is 30.6 Å². The molecule has 0 fully saturated rings. The molecule has 0 unspecified atom stereocenters. The minimum atomic E-state index is -0.432. The molecule has 0 amide bonds. The standard InChI is InChI=1S/C20H20BrN3O5/c1-3-26-16-8-14(15(21)10-17(16)27-4-2)9-19(25)28-12-18-23-20(24-29-18)13-6-5-7-22-11-13/h5-8,10-11H,3-4,9,12H2,1-2H3. The summed E-state index contributed by atoms with van der Waals surface area (Å²) in [6.45, 7) is 4.67. The molecule has 29 heavy (non-hydrogen) atoms. The minimum absolute atomic E-state index is 0.0522. The highest BCUT2D eigenvalue weighted by Crippen LogP contribution is 2.34. The Hall–Kier alpha value is -2.94. The van der Waals surface area contributed by atoms with E-state index in [1.807, 2.05) is 19.9 Å². The third kappa shape index (κ3) is 5.54. The number of pyridine rings is 1. The Morgan fingerprint density at radius 3 is 2.62 bits per heavy atom. The van der Waals surface area contributed by atoms with E-state index in [4.69, 9.17) is 18.7 Å². The molecule has 2 aromatic heterocycles. The van der Waals surface area contributed by atoms with E-state index in [9.17, 15) is 4.79 Å². The second kappa shape index (κ2) is 10.0. The molecule has 0 aliphatic heterocycles. The maximum atomic E-state index is 12.3. The van der Waals surface area contributed by atoms with Gasteiger partial charge in [-0.3, -0.25) is 9.78 Å². The molecule has 0 bridgehead atoms. The second-order valence-corrected chi connectivity index (χ2v) is 6.70. The van der Waals surface area contributed by atoms with Crippen LogP contribution in [0.1, 0.15) is 25.3 Å². The molecule has 0 radical (unpaired) electrons. The number of carbonyl (C=O) groups excluding carboxylic acids is 1. The first-order valence-corrected chi connectivity index (χ1v) is 9.86. The third-order valence-corrected chi connectivity index (χ3v) is 4.53. The zero-order valence-corrected chi connectivity index (χ0v) is 17.6. The number of nitrogens with zero attached hydrogens (tertiary/aromatic N) is 3. The van der Waals surface area contributed by atoms with Gasteiger partial charge in [0.2, 0.25) is 5.82 Å². The van der Waals surface area contributed by atoms with E-state index in [0.717, 1.165) is 15.6 Å². The molecule has 0 aliphatic rings. The zero-order valence-electron chi connectivity index (χ0n) is 16.1. The molecule has 2 heterocycles. The third-order valence-electron chi connectivity index (χ3n) is 3.79. The summed E-state index contributed by atoms with van der Waals surface area (Å²) < 4.78 is 22.3. The molecule has 1 aromatic carbocycles. The van der Waals surface area contributed by atoms with Gasteiger partial charge in [-0.25, -0.2) is 0 Å². The molecule has 0 saturated carbocycles. The summed E-state index contributed by atoms with van der Waals surface area (Å²) in [7, 11) is 0. The predicted molar refractivity (Wildman–Crippen MR) is 108 cm³/mol. The van der Waals surface area contributed by atoms with E-state index < -0.39 is 5.97 Å². The van der Waals surface area contributed by atoms with Crippen LogP contribution in [0.15, 0.2) is 45.7 Å². The molecule has 0 aliphatic carbocycles. The van der Waals surface area contributed by atoms with E-state index >= 15 is 0 Å². The first-order chi connectivity index (χ1) is 14.1. The highest BCUT2D eigenvalue weighted by atomic mass is 79.9. The fourth-order valence-corrected chi connectivity index (χ4v) is 2.99. The molecule has 9 heteroatoms. The van der Waals surface area contributed by atoms with Gasteiger partial charge < -0.3 is 18.7 Å². The Labute approximate surface area is 176 Å². The van der Waals surface area contributed by atoms with Crippen LogP contribution in [0.3, 0.4) is 0 Å². The smallest absolute Gasteiger partial charge is 0.310 e. The van der Waals surface area contributed by atoms with Crippen LogP contribution in [0.4, 0.5) is 0 Å². The molecule has 8 nitrogen and oxygen atoms in total. The van der Waals surface area contributed by atoms with Gasteiger partial charge in [-0.05, 0) is 43.7 Å². The van der Waals surface area contributed by atoms with Crippen molar-refractivity contribution in [2.75, 3.05) is 13.2 Å². The van der Waals surface area contributed by atoms with Crippen molar-refractivity contribution in [2.24, 2.45) is 0 Å². The average Bonchev–Trinajstić information content (AvgIpc) is 3.20. The lowest BCUT2D eigenvalue weighted by atomic mass is 10.1. The number of rotatable bonds is 9. The summed E-state index contributed by atoms with van der Waals surface area (Å²) in [5.74, 6) is 1.36. The number of aromatic nitrogens is 3. The molecule has 0 N–H and O–H groups in total. The maximum absolute atomic E-state index is 12.3. The van der Waals surface area contributed by atoms with Gasteiger partial charge in [0.1, 0.15) is 0 Å². The van der Waals surface area contributed by atoms with Crippen molar-refractivity contribution >= 4 is 21.9 Å². The zero-order chi connectivity index (χ0) is 20.6. The fourth-order valence-electron chi connectivity index (χ4n) is 2.52. The van der Waals surface area contributed by atoms with Crippen LogP contribution in [-0.2, 0) is 22.6 Å². The molecule has 3 aromatic rings. The summed E-state index contributed by atoms with van der Waals surface area (Å²) in [4.78, 5) is 20.5. The van der Waals surface area contributed by atoms with E-state index in [2.05, 4.69) is 31.1 Å². The fraction of sp³-hybridized carbons (Fsp3) is 0.300. The Morgan fingerprint density at radius 1 is 1.17 bits per heavy atom. The van der Waals surface area contributed by atoms with Crippen molar-refractivity contribution in [3.63, 3.8) is 0 Å². The van der Waals surface area contributed by atoms with Crippen molar-refractivity contribution < 1.29 is 23.5 Å². The van der Waals surface area contributed by atoms with Crippen LogP contribution in [0.2, 0.25) is 0 Å². The predicted octanol–water partition coefficient (Wildman–Crippen LogP) is 3.98. The van der Waals surface area contributed by atoms with Crippen LogP contribution in [0.5, 0.6) is 11.5 Å². The molecular formula is C20H20BrN3O5. The van der Waals surface area contributed by atoms with Gasteiger partial charge >= 0.3 is 5.97 Å². The van der Waals surface area contributed by atoms with Crippen molar-refractivity contribution in [1.82, 2.24) is 15.1 Å². The lowest BCUT2D eigenvalue weighted by Gasteiger charge is -2.14. The van der Waals surface area contributed by atoms with Gasteiger partial charge in [0.05, 0.1) is 19.6 Å². The quantitative estimate of drug-likeness (QED) is 0.441. The van der Waals surface area contributed by atoms with Crippen LogP contribution < -0.4 is 9.47 Å². The molecule has 0 spiro atoms. The summed E-state index contributed by atoms with van der Waals surface area (Å²) in [5.41, 5.74) is 1.44. The van der Waals surface area contributed by atoms with Crippen LogP contribution in [-0.4, -0.2) is 34.3 Å². The number of benzene rings is 1. The lowest BCUT2D eigenvalue weighted by Crippen LogP contribution is -2.09. The van der Waals surface area contributed by atoms with E-state index in [-0.39, 0.29) is 18.9 Å². The largest absolute Gasteiger partial charge is 0.490 e.